The number of carbonyl (C=O) groups is 2. The molecule has 2 aromatic carbocycles. The van der Waals surface area contributed by atoms with E-state index in [2.05, 4.69) is 0 Å². The summed E-state index contributed by atoms with van der Waals surface area (Å²) in [5, 5.41) is 0. The SMILES string of the molecule is CC(C)N(Cc1ccccc1)C(=O)C1CC(=O)N(c2ccc(F)c(F)c2F)C1. The summed E-state index contributed by atoms with van der Waals surface area (Å²) in [5.74, 6) is -5.77. The van der Waals surface area contributed by atoms with Crippen LogP contribution in [0.2, 0.25) is 0 Å². The number of anilines is 1. The zero-order chi connectivity index (χ0) is 20.4. The third-order valence-corrected chi connectivity index (χ3v) is 4.88. The first kappa shape index (κ1) is 19.9. The van der Waals surface area contributed by atoms with Gasteiger partial charge in [-0.1, -0.05) is 30.3 Å². The number of benzene rings is 2. The van der Waals surface area contributed by atoms with Crippen LogP contribution in [0.3, 0.4) is 0 Å². The molecule has 0 aromatic heterocycles. The molecule has 2 aromatic rings. The van der Waals surface area contributed by atoms with E-state index in [1.165, 1.54) is 0 Å². The predicted octanol–water partition coefficient (Wildman–Crippen LogP) is 3.89. The Bertz CT molecular complexity index is 887. The van der Waals surface area contributed by atoms with E-state index in [0.29, 0.717) is 6.54 Å². The molecule has 148 valence electrons. The smallest absolute Gasteiger partial charge is 0.228 e. The fourth-order valence-electron chi connectivity index (χ4n) is 3.36. The van der Waals surface area contributed by atoms with Crippen molar-refractivity contribution in [2.75, 3.05) is 11.4 Å². The number of halogens is 3. The Kier molecular flexibility index (Phi) is 5.72. The molecular weight excluding hydrogens is 369 g/mol. The van der Waals surface area contributed by atoms with Crippen molar-refractivity contribution in [1.82, 2.24) is 4.90 Å². The highest BCUT2D eigenvalue weighted by atomic mass is 19.2. The van der Waals surface area contributed by atoms with E-state index in [-0.39, 0.29) is 30.6 Å². The van der Waals surface area contributed by atoms with Gasteiger partial charge in [0.1, 0.15) is 0 Å². The summed E-state index contributed by atoms with van der Waals surface area (Å²) in [6, 6.07) is 11.1. The fraction of sp³-hybridized carbons (Fsp3) is 0.333. The Morgan fingerprint density at radius 3 is 2.43 bits per heavy atom. The van der Waals surface area contributed by atoms with Gasteiger partial charge >= 0.3 is 0 Å². The normalized spacial score (nSPS) is 16.7. The Labute approximate surface area is 161 Å². The van der Waals surface area contributed by atoms with Crippen LogP contribution in [0.4, 0.5) is 18.9 Å². The van der Waals surface area contributed by atoms with Gasteiger partial charge in [-0.2, -0.15) is 0 Å². The second-order valence-corrected chi connectivity index (χ2v) is 7.15. The van der Waals surface area contributed by atoms with Gasteiger partial charge in [0, 0.05) is 25.6 Å². The molecule has 1 aliphatic rings. The van der Waals surface area contributed by atoms with Crippen LogP contribution in [0.15, 0.2) is 42.5 Å². The molecule has 1 unspecified atom stereocenters. The average molecular weight is 390 g/mol. The number of rotatable bonds is 5. The molecule has 28 heavy (non-hydrogen) atoms. The molecule has 0 bridgehead atoms. The zero-order valence-electron chi connectivity index (χ0n) is 15.7. The van der Waals surface area contributed by atoms with Crippen molar-refractivity contribution in [3.63, 3.8) is 0 Å². The van der Waals surface area contributed by atoms with Crippen molar-refractivity contribution in [1.29, 1.82) is 0 Å². The highest BCUT2D eigenvalue weighted by Crippen LogP contribution is 2.31. The maximum atomic E-state index is 14.1. The monoisotopic (exact) mass is 390 g/mol. The van der Waals surface area contributed by atoms with Crippen LogP contribution < -0.4 is 4.90 Å². The van der Waals surface area contributed by atoms with Gasteiger partial charge in [-0.25, -0.2) is 13.2 Å². The summed E-state index contributed by atoms with van der Waals surface area (Å²) < 4.78 is 40.8. The summed E-state index contributed by atoms with van der Waals surface area (Å²) in [7, 11) is 0. The lowest BCUT2D eigenvalue weighted by atomic mass is 10.1. The van der Waals surface area contributed by atoms with Gasteiger partial charge in [0.25, 0.3) is 0 Å². The van der Waals surface area contributed by atoms with E-state index in [0.717, 1.165) is 22.6 Å². The molecule has 0 spiro atoms. The molecule has 2 amide bonds. The van der Waals surface area contributed by atoms with Crippen LogP contribution in [-0.2, 0) is 16.1 Å². The van der Waals surface area contributed by atoms with Crippen molar-refractivity contribution < 1.29 is 22.8 Å². The quantitative estimate of drug-likeness (QED) is 0.727. The Morgan fingerprint density at radius 2 is 1.79 bits per heavy atom. The first-order valence-corrected chi connectivity index (χ1v) is 9.08. The van der Waals surface area contributed by atoms with E-state index in [9.17, 15) is 22.8 Å². The predicted molar refractivity (Wildman–Crippen MR) is 98.9 cm³/mol. The number of hydrogen-bond donors (Lipinski definition) is 0. The van der Waals surface area contributed by atoms with E-state index in [1.807, 2.05) is 44.2 Å². The summed E-state index contributed by atoms with van der Waals surface area (Å²) in [6.07, 6.45) is -0.102. The second kappa shape index (κ2) is 8.04. The Balaban J connectivity index is 1.79. The van der Waals surface area contributed by atoms with Crippen molar-refractivity contribution in [2.45, 2.75) is 32.9 Å². The summed E-state index contributed by atoms with van der Waals surface area (Å²) in [6.45, 7) is 4.08. The van der Waals surface area contributed by atoms with Gasteiger partial charge in [0.05, 0.1) is 11.6 Å². The summed E-state index contributed by atoms with van der Waals surface area (Å²) in [4.78, 5) is 28.1. The highest BCUT2D eigenvalue weighted by molar-refractivity contribution is 6.00. The van der Waals surface area contributed by atoms with Crippen LogP contribution in [-0.4, -0.2) is 29.3 Å². The Morgan fingerprint density at radius 1 is 1.11 bits per heavy atom. The lowest BCUT2D eigenvalue weighted by Gasteiger charge is -2.29. The molecule has 4 nitrogen and oxygen atoms in total. The minimum absolute atomic E-state index is 0.0718. The average Bonchev–Trinajstić information content (AvgIpc) is 3.06. The van der Waals surface area contributed by atoms with E-state index in [4.69, 9.17) is 0 Å². The van der Waals surface area contributed by atoms with Crippen LogP contribution >= 0.6 is 0 Å². The highest BCUT2D eigenvalue weighted by Gasteiger charge is 2.39. The largest absolute Gasteiger partial charge is 0.336 e. The lowest BCUT2D eigenvalue weighted by molar-refractivity contribution is -0.138. The minimum atomic E-state index is -1.63. The van der Waals surface area contributed by atoms with Gasteiger partial charge in [-0.3, -0.25) is 9.59 Å². The number of nitrogens with zero attached hydrogens (tertiary/aromatic N) is 2. The summed E-state index contributed by atoms with van der Waals surface area (Å²) >= 11 is 0. The molecule has 3 rings (SSSR count). The van der Waals surface area contributed by atoms with Crippen LogP contribution in [0.25, 0.3) is 0 Å². The topological polar surface area (TPSA) is 40.6 Å². The Hall–Kier alpha value is -2.83. The number of amides is 2. The molecular formula is C21H21F3N2O2. The molecule has 1 heterocycles. The molecule has 0 saturated carbocycles. The molecule has 0 aliphatic carbocycles. The molecule has 0 radical (unpaired) electrons. The van der Waals surface area contributed by atoms with Crippen LogP contribution in [0, 0.1) is 23.4 Å². The van der Waals surface area contributed by atoms with Gasteiger partial charge in [-0.05, 0) is 31.5 Å². The maximum absolute atomic E-state index is 14.1. The van der Waals surface area contributed by atoms with E-state index in [1.54, 1.807) is 4.90 Å². The first-order chi connectivity index (χ1) is 13.3. The third kappa shape index (κ3) is 3.88. The van der Waals surface area contributed by atoms with Crippen LogP contribution in [0.1, 0.15) is 25.8 Å². The molecule has 1 atom stereocenters. The fourth-order valence-corrected chi connectivity index (χ4v) is 3.36. The van der Waals surface area contributed by atoms with Crippen LogP contribution in [0.5, 0.6) is 0 Å². The zero-order valence-corrected chi connectivity index (χ0v) is 15.7. The molecule has 7 heteroatoms. The number of carbonyl (C=O) groups excluding carboxylic acids is 2. The van der Waals surface area contributed by atoms with Gasteiger partial charge < -0.3 is 9.80 Å². The lowest BCUT2D eigenvalue weighted by Crippen LogP contribution is -2.41. The molecule has 1 aliphatic heterocycles. The molecule has 1 fully saturated rings. The minimum Gasteiger partial charge on any atom is -0.336 e. The van der Waals surface area contributed by atoms with Crippen molar-refractivity contribution in [3.05, 3.63) is 65.5 Å². The third-order valence-electron chi connectivity index (χ3n) is 4.88. The van der Waals surface area contributed by atoms with Gasteiger partial charge in [0.15, 0.2) is 17.5 Å². The molecule has 0 N–H and O–H groups in total. The second-order valence-electron chi connectivity index (χ2n) is 7.15. The van der Waals surface area contributed by atoms with Gasteiger partial charge in [0.2, 0.25) is 11.8 Å². The van der Waals surface area contributed by atoms with E-state index < -0.39 is 29.3 Å². The van der Waals surface area contributed by atoms with Crippen molar-refractivity contribution in [2.24, 2.45) is 5.92 Å². The first-order valence-electron chi connectivity index (χ1n) is 9.08. The van der Waals surface area contributed by atoms with Crippen molar-refractivity contribution >= 4 is 17.5 Å². The number of hydrogen-bond acceptors (Lipinski definition) is 2. The van der Waals surface area contributed by atoms with Gasteiger partial charge in [-0.15, -0.1) is 0 Å². The van der Waals surface area contributed by atoms with Crippen molar-refractivity contribution in [3.8, 4) is 0 Å². The summed E-state index contributed by atoms with van der Waals surface area (Å²) in [5.41, 5.74) is 0.607. The standard InChI is InChI=1S/C21H21F3N2O2/c1-13(2)25(11-14-6-4-3-5-7-14)21(28)15-10-18(27)26(12-15)17-9-8-16(22)19(23)20(17)24/h3-9,13,15H,10-12H2,1-2H3. The van der Waals surface area contributed by atoms with E-state index >= 15 is 0 Å². The molecule has 1 saturated heterocycles. The maximum Gasteiger partial charge on any atom is 0.228 e.